The van der Waals surface area contributed by atoms with Gasteiger partial charge in [-0.1, -0.05) is 0 Å². The largest absolute Gasteiger partial charge is 0.461 e. The second-order valence-corrected chi connectivity index (χ2v) is 3.00. The Morgan fingerprint density at radius 3 is 2.86 bits per heavy atom. The van der Waals surface area contributed by atoms with Crippen molar-refractivity contribution in [2.45, 2.75) is 6.92 Å². The van der Waals surface area contributed by atoms with E-state index in [2.05, 4.69) is 4.98 Å². The van der Waals surface area contributed by atoms with Gasteiger partial charge in [0.1, 0.15) is 11.3 Å². The summed E-state index contributed by atoms with van der Waals surface area (Å²) in [6, 6.07) is 6.08. The lowest BCUT2D eigenvalue weighted by atomic mass is 10.2. The summed E-state index contributed by atoms with van der Waals surface area (Å²) in [5.41, 5.74) is 0.713. The Labute approximate surface area is 79.4 Å². The highest BCUT2D eigenvalue weighted by Gasteiger charge is 2.09. The molecule has 0 unspecified atom stereocenters. The van der Waals surface area contributed by atoms with Crippen LogP contribution in [0.25, 0.3) is 15.9 Å². The zero-order chi connectivity index (χ0) is 10.1. The van der Waals surface area contributed by atoms with Crippen LogP contribution in [0.2, 0.25) is 0 Å². The molecular weight excluding hydrogens is 180 g/mol. The molecule has 0 radical (unpaired) electrons. The van der Waals surface area contributed by atoms with E-state index in [1.807, 2.05) is 0 Å². The molecule has 0 atom stereocenters. The first kappa shape index (κ1) is 8.45. The fourth-order valence-electron chi connectivity index (χ4n) is 1.33. The quantitative estimate of drug-likeness (QED) is 0.595. The van der Waals surface area contributed by atoms with Gasteiger partial charge in [0.15, 0.2) is 10.4 Å². The van der Waals surface area contributed by atoms with Crippen molar-refractivity contribution in [3.8, 4) is 0 Å². The molecule has 0 aliphatic rings. The molecule has 4 nitrogen and oxygen atoms in total. The Balaban J connectivity index is 2.90. The molecule has 4 heteroatoms. The van der Waals surface area contributed by atoms with E-state index >= 15 is 0 Å². The number of aryl methyl sites for hydroxylation is 1. The van der Waals surface area contributed by atoms with Gasteiger partial charge in [0.25, 0.3) is 0 Å². The average Bonchev–Trinajstić information content (AvgIpc) is 2.16. The average molecular weight is 187 g/mol. The normalized spacial score (nSPS) is 10.0. The second kappa shape index (κ2) is 2.96. The van der Waals surface area contributed by atoms with Crippen LogP contribution in [0.15, 0.2) is 33.5 Å². The van der Waals surface area contributed by atoms with Crippen molar-refractivity contribution in [3.05, 3.63) is 45.2 Å². The van der Waals surface area contributed by atoms with Gasteiger partial charge in [-0.25, -0.2) is 0 Å². The number of diazo groups is 1. The molecule has 14 heavy (non-hydrogen) atoms. The smallest absolute Gasteiger partial charge is 0.388 e. The third-order valence-corrected chi connectivity index (χ3v) is 1.95. The number of fused-ring (bicyclic) bond motifs is 1. The first-order valence-electron chi connectivity index (χ1n) is 4.10. The second-order valence-electron chi connectivity index (χ2n) is 3.00. The van der Waals surface area contributed by atoms with E-state index in [4.69, 9.17) is 9.81 Å². The van der Waals surface area contributed by atoms with Gasteiger partial charge in [0.2, 0.25) is 5.39 Å². The molecule has 1 aromatic heterocycles. The van der Waals surface area contributed by atoms with Gasteiger partial charge in [-0.3, -0.25) is 4.79 Å². The van der Waals surface area contributed by atoms with Gasteiger partial charge in [0.05, 0.1) is 11.5 Å². The summed E-state index contributed by atoms with van der Waals surface area (Å²) in [5, 5.41) is 9.03. The Hall–Kier alpha value is -2.15. The summed E-state index contributed by atoms with van der Waals surface area (Å²) >= 11 is 0. The third kappa shape index (κ3) is 1.25. The maximum atomic E-state index is 11.4. The topological polar surface area (TPSA) is 58.4 Å². The fraction of sp³-hybridized carbons (Fsp3) is 0.100. The van der Waals surface area contributed by atoms with Crippen LogP contribution in [-0.4, -0.2) is 0 Å². The van der Waals surface area contributed by atoms with Crippen molar-refractivity contribution in [1.82, 2.24) is 0 Å². The summed E-state index contributed by atoms with van der Waals surface area (Å²) in [5.74, 6) is 0.539. The molecule has 68 valence electrons. The maximum Gasteiger partial charge on any atom is 0.388 e. The van der Waals surface area contributed by atoms with Gasteiger partial charge in [-0.15, -0.1) is 0 Å². The number of hydrogen-bond donors (Lipinski definition) is 0. The van der Waals surface area contributed by atoms with Crippen LogP contribution in [0.3, 0.4) is 0 Å². The number of hydrogen-bond acceptors (Lipinski definition) is 3. The number of rotatable bonds is 0. The van der Waals surface area contributed by atoms with E-state index in [0.29, 0.717) is 22.4 Å². The monoisotopic (exact) mass is 187 g/mol. The highest BCUT2D eigenvalue weighted by molar-refractivity contribution is 5.80. The Bertz CT molecular complexity index is 593. The first-order valence-corrected chi connectivity index (χ1v) is 4.10. The molecular formula is C10H7N2O2+. The molecule has 2 rings (SSSR count). The van der Waals surface area contributed by atoms with Gasteiger partial charge in [-0.2, -0.15) is 0 Å². The van der Waals surface area contributed by atoms with Crippen LogP contribution in [-0.2, 0) is 0 Å². The van der Waals surface area contributed by atoms with Crippen molar-refractivity contribution < 1.29 is 4.42 Å². The standard InChI is InChI=1S/C10H7N2O2/c1-6-4-9(13)8-3-2-7(12-11)5-10(8)14-6/h2-5H,1H3/q+1. The fourth-order valence-corrected chi connectivity index (χ4v) is 1.33. The molecule has 0 saturated heterocycles. The van der Waals surface area contributed by atoms with Crippen LogP contribution in [0.1, 0.15) is 5.76 Å². The van der Waals surface area contributed by atoms with E-state index in [0.717, 1.165) is 0 Å². The van der Waals surface area contributed by atoms with Crippen molar-refractivity contribution in [1.29, 1.82) is 5.39 Å². The number of benzene rings is 1. The molecule has 0 spiro atoms. The van der Waals surface area contributed by atoms with Gasteiger partial charge in [0, 0.05) is 12.1 Å². The lowest BCUT2D eigenvalue weighted by Crippen LogP contribution is -1.99. The van der Waals surface area contributed by atoms with Crippen molar-refractivity contribution >= 4 is 16.7 Å². The van der Waals surface area contributed by atoms with Crippen LogP contribution in [0, 0.1) is 12.3 Å². The van der Waals surface area contributed by atoms with Gasteiger partial charge < -0.3 is 4.42 Å². The van der Waals surface area contributed by atoms with Crippen LogP contribution >= 0.6 is 0 Å². The maximum absolute atomic E-state index is 11.4. The summed E-state index contributed by atoms with van der Waals surface area (Å²) in [6.07, 6.45) is 0. The molecule has 1 heterocycles. The molecule has 0 aliphatic carbocycles. The van der Waals surface area contributed by atoms with Crippen LogP contribution < -0.4 is 5.43 Å². The Morgan fingerprint density at radius 2 is 2.14 bits per heavy atom. The molecule has 0 saturated carbocycles. The zero-order valence-electron chi connectivity index (χ0n) is 7.52. The summed E-state index contributed by atoms with van der Waals surface area (Å²) < 4.78 is 5.31. The molecule has 0 bridgehead atoms. The summed E-state index contributed by atoms with van der Waals surface area (Å²) in [4.78, 5) is 14.5. The Kier molecular flexibility index (Phi) is 1.79. The predicted molar refractivity (Wildman–Crippen MR) is 52.0 cm³/mol. The molecule has 0 fully saturated rings. The molecule has 0 aliphatic heterocycles. The van der Waals surface area contributed by atoms with Crippen molar-refractivity contribution in [2.75, 3.05) is 0 Å². The van der Waals surface area contributed by atoms with E-state index in [9.17, 15) is 4.79 Å². The van der Waals surface area contributed by atoms with Crippen molar-refractivity contribution in [3.63, 3.8) is 0 Å². The van der Waals surface area contributed by atoms with Gasteiger partial charge >= 0.3 is 5.69 Å². The minimum Gasteiger partial charge on any atom is -0.461 e. The highest BCUT2D eigenvalue weighted by atomic mass is 16.3. The van der Waals surface area contributed by atoms with E-state index < -0.39 is 0 Å². The highest BCUT2D eigenvalue weighted by Crippen LogP contribution is 2.19. The van der Waals surface area contributed by atoms with Crippen molar-refractivity contribution in [2.24, 2.45) is 0 Å². The Morgan fingerprint density at radius 1 is 1.36 bits per heavy atom. The summed E-state index contributed by atoms with van der Waals surface area (Å²) in [6.45, 7) is 1.70. The van der Waals surface area contributed by atoms with E-state index in [1.54, 1.807) is 19.1 Å². The predicted octanol–water partition coefficient (Wildman–Crippen LogP) is 2.59. The molecule has 0 amide bonds. The minimum atomic E-state index is -0.0896. The lowest BCUT2D eigenvalue weighted by molar-refractivity contribution is 0.565. The van der Waals surface area contributed by atoms with Crippen LogP contribution in [0.4, 0.5) is 5.69 Å². The zero-order valence-corrected chi connectivity index (χ0v) is 7.52. The van der Waals surface area contributed by atoms with Crippen LogP contribution in [0.5, 0.6) is 0 Å². The molecule has 1 aromatic carbocycles. The lowest BCUT2D eigenvalue weighted by Gasteiger charge is -1.95. The first-order chi connectivity index (χ1) is 6.70. The summed E-state index contributed by atoms with van der Waals surface area (Å²) in [7, 11) is 0. The SMILES string of the molecule is Cc1cc(=O)c2ccc([N+]#N)cc2o1. The molecule has 0 N–H and O–H groups in total. The number of nitrogens with zero attached hydrogens (tertiary/aromatic N) is 2. The minimum absolute atomic E-state index is 0.0896. The third-order valence-electron chi connectivity index (χ3n) is 1.95. The van der Waals surface area contributed by atoms with E-state index in [-0.39, 0.29) is 5.43 Å². The molecule has 2 aromatic rings. The van der Waals surface area contributed by atoms with E-state index in [1.165, 1.54) is 12.1 Å². The van der Waals surface area contributed by atoms with Gasteiger partial charge in [-0.05, 0) is 13.0 Å².